The third kappa shape index (κ3) is 3.24. The quantitative estimate of drug-likeness (QED) is 0.744. The molecule has 0 spiro atoms. The summed E-state index contributed by atoms with van der Waals surface area (Å²) in [5.41, 5.74) is 2.16. The molecule has 2 amide bonds. The number of β-lactam (4-membered cyclic amide) rings is 1. The van der Waals surface area contributed by atoms with Gasteiger partial charge in [0.1, 0.15) is 5.69 Å². The van der Waals surface area contributed by atoms with Gasteiger partial charge in [-0.2, -0.15) is 0 Å². The molecular weight excluding hydrogens is 358 g/mol. The predicted octanol–water partition coefficient (Wildman–Crippen LogP) is 1.38. The summed E-state index contributed by atoms with van der Waals surface area (Å²) in [7, 11) is 1.57. The minimum Gasteiger partial charge on any atom is -0.369 e. The summed E-state index contributed by atoms with van der Waals surface area (Å²) in [6.07, 6.45) is 7.59. The Bertz CT molecular complexity index is 850. The highest BCUT2D eigenvalue weighted by atomic mass is 16.5. The summed E-state index contributed by atoms with van der Waals surface area (Å²) in [6, 6.07) is 3.83. The fraction of sp³-hybridized carbons (Fsp3) is 0.450. The highest BCUT2D eigenvalue weighted by molar-refractivity contribution is 5.92. The molecule has 28 heavy (non-hydrogen) atoms. The summed E-state index contributed by atoms with van der Waals surface area (Å²) in [5.74, 6) is -0.0974. The standard InChI is InChI=1S/C20H23N5O3/c1-13-11-23-16(12-22-13)19(26)24-9-5-15(6-10-24)25-17(18(28-2)20(25)27)14-3-7-21-8-4-14/h3-4,7-8,11-12,15,17-18H,5-6,9-10H2,1-2H3/t17-,18+/m0/s1. The molecule has 0 unspecified atom stereocenters. The Kier molecular flexibility index (Phi) is 5.04. The number of methoxy groups -OCH3 is 1. The second kappa shape index (κ2) is 7.63. The van der Waals surface area contributed by atoms with Gasteiger partial charge in [-0.3, -0.25) is 19.6 Å². The zero-order valence-electron chi connectivity index (χ0n) is 16.0. The van der Waals surface area contributed by atoms with E-state index in [0.717, 1.165) is 24.1 Å². The Morgan fingerprint density at radius 1 is 1.14 bits per heavy atom. The van der Waals surface area contributed by atoms with Gasteiger partial charge in [0.15, 0.2) is 6.10 Å². The van der Waals surface area contributed by atoms with Crippen molar-refractivity contribution >= 4 is 11.8 Å². The van der Waals surface area contributed by atoms with E-state index < -0.39 is 6.10 Å². The van der Waals surface area contributed by atoms with Crippen LogP contribution in [-0.2, 0) is 9.53 Å². The van der Waals surface area contributed by atoms with Gasteiger partial charge in [-0.05, 0) is 37.5 Å². The maximum atomic E-state index is 12.6. The number of nitrogens with zero attached hydrogens (tertiary/aromatic N) is 5. The Labute approximate surface area is 163 Å². The summed E-state index contributed by atoms with van der Waals surface area (Å²) in [6.45, 7) is 3.01. The van der Waals surface area contributed by atoms with Crippen LogP contribution in [0.5, 0.6) is 0 Å². The molecule has 2 aromatic heterocycles. The summed E-state index contributed by atoms with van der Waals surface area (Å²) >= 11 is 0. The Balaban J connectivity index is 1.43. The van der Waals surface area contributed by atoms with E-state index in [4.69, 9.17) is 4.74 Å². The Morgan fingerprint density at radius 2 is 1.86 bits per heavy atom. The van der Waals surface area contributed by atoms with Gasteiger partial charge in [0, 0.05) is 44.8 Å². The van der Waals surface area contributed by atoms with Gasteiger partial charge >= 0.3 is 0 Å². The number of likely N-dealkylation sites (tertiary alicyclic amines) is 2. The average Bonchev–Trinajstić information content (AvgIpc) is 2.73. The normalized spacial score (nSPS) is 22.9. The van der Waals surface area contributed by atoms with Gasteiger partial charge < -0.3 is 14.5 Å². The number of pyridine rings is 1. The number of rotatable bonds is 4. The molecule has 0 saturated carbocycles. The van der Waals surface area contributed by atoms with Crippen molar-refractivity contribution < 1.29 is 14.3 Å². The van der Waals surface area contributed by atoms with Gasteiger partial charge in [-0.1, -0.05) is 0 Å². The van der Waals surface area contributed by atoms with Crippen molar-refractivity contribution in [3.05, 3.63) is 53.9 Å². The van der Waals surface area contributed by atoms with Crippen LogP contribution in [0.2, 0.25) is 0 Å². The molecule has 0 aliphatic carbocycles. The summed E-state index contributed by atoms with van der Waals surface area (Å²) in [5, 5.41) is 0. The van der Waals surface area contributed by atoms with E-state index in [1.807, 2.05) is 24.0 Å². The maximum absolute atomic E-state index is 12.6. The lowest BCUT2D eigenvalue weighted by molar-refractivity contribution is -0.178. The van der Waals surface area contributed by atoms with Gasteiger partial charge in [-0.25, -0.2) is 4.98 Å². The van der Waals surface area contributed by atoms with Crippen LogP contribution in [0.15, 0.2) is 36.9 Å². The minimum atomic E-state index is -0.454. The van der Waals surface area contributed by atoms with E-state index in [0.29, 0.717) is 18.8 Å². The molecule has 2 aliphatic rings. The third-order valence-corrected chi connectivity index (χ3v) is 5.53. The average molecular weight is 381 g/mol. The molecule has 2 fully saturated rings. The molecule has 0 bridgehead atoms. The number of piperidine rings is 1. The first-order chi connectivity index (χ1) is 13.6. The molecule has 2 aliphatic heterocycles. The van der Waals surface area contributed by atoms with E-state index >= 15 is 0 Å². The number of aryl methyl sites for hydroxylation is 1. The van der Waals surface area contributed by atoms with E-state index in [9.17, 15) is 9.59 Å². The molecule has 0 N–H and O–H groups in total. The first kappa shape index (κ1) is 18.5. The van der Waals surface area contributed by atoms with Crippen LogP contribution in [-0.4, -0.2) is 68.9 Å². The molecule has 8 nitrogen and oxygen atoms in total. The van der Waals surface area contributed by atoms with Crippen molar-refractivity contribution in [2.45, 2.75) is 38.0 Å². The van der Waals surface area contributed by atoms with Crippen LogP contribution in [0, 0.1) is 6.92 Å². The Hall–Kier alpha value is -2.87. The number of hydrogen-bond acceptors (Lipinski definition) is 6. The SMILES string of the molecule is CO[C@H]1C(=O)N(C2CCN(C(=O)c3cnc(C)cn3)CC2)[C@H]1c1ccncc1. The number of carbonyl (C=O) groups excluding carboxylic acids is 2. The second-order valence-electron chi connectivity index (χ2n) is 7.19. The molecule has 2 saturated heterocycles. The molecule has 2 atom stereocenters. The molecule has 4 rings (SSSR count). The zero-order valence-corrected chi connectivity index (χ0v) is 16.0. The molecule has 8 heteroatoms. The van der Waals surface area contributed by atoms with Crippen LogP contribution in [0.25, 0.3) is 0 Å². The lowest BCUT2D eigenvalue weighted by Crippen LogP contribution is -2.64. The van der Waals surface area contributed by atoms with Gasteiger partial charge in [0.2, 0.25) is 0 Å². The highest BCUT2D eigenvalue weighted by Gasteiger charge is 2.51. The Morgan fingerprint density at radius 3 is 2.46 bits per heavy atom. The van der Waals surface area contributed by atoms with Crippen molar-refractivity contribution in [2.24, 2.45) is 0 Å². The van der Waals surface area contributed by atoms with E-state index in [-0.39, 0.29) is 23.9 Å². The molecule has 146 valence electrons. The fourth-order valence-electron chi connectivity index (χ4n) is 4.03. The smallest absolute Gasteiger partial charge is 0.274 e. The fourth-order valence-corrected chi connectivity index (χ4v) is 4.03. The van der Waals surface area contributed by atoms with E-state index in [1.54, 1.807) is 30.6 Å². The molecule has 4 heterocycles. The first-order valence-electron chi connectivity index (χ1n) is 9.43. The summed E-state index contributed by atoms with van der Waals surface area (Å²) in [4.78, 5) is 41.4. The molecule has 2 aromatic rings. The van der Waals surface area contributed by atoms with Crippen LogP contribution >= 0.6 is 0 Å². The van der Waals surface area contributed by atoms with E-state index in [2.05, 4.69) is 15.0 Å². The maximum Gasteiger partial charge on any atom is 0.274 e. The molecular formula is C20H23N5O3. The van der Waals surface area contributed by atoms with Crippen LogP contribution < -0.4 is 0 Å². The predicted molar refractivity (Wildman–Crippen MR) is 100 cm³/mol. The summed E-state index contributed by atoms with van der Waals surface area (Å²) < 4.78 is 5.42. The highest BCUT2D eigenvalue weighted by Crippen LogP contribution is 2.40. The largest absolute Gasteiger partial charge is 0.369 e. The van der Waals surface area contributed by atoms with Crippen molar-refractivity contribution in [2.75, 3.05) is 20.2 Å². The van der Waals surface area contributed by atoms with E-state index in [1.165, 1.54) is 6.20 Å². The van der Waals surface area contributed by atoms with Crippen molar-refractivity contribution in [1.82, 2.24) is 24.8 Å². The lowest BCUT2D eigenvalue weighted by Gasteiger charge is -2.52. The molecule has 0 aromatic carbocycles. The number of carbonyl (C=O) groups is 2. The van der Waals surface area contributed by atoms with Crippen LogP contribution in [0.1, 0.15) is 40.6 Å². The van der Waals surface area contributed by atoms with Crippen LogP contribution in [0.4, 0.5) is 0 Å². The molecule has 0 radical (unpaired) electrons. The number of ether oxygens (including phenoxy) is 1. The van der Waals surface area contributed by atoms with Crippen LogP contribution in [0.3, 0.4) is 0 Å². The van der Waals surface area contributed by atoms with Gasteiger partial charge in [-0.15, -0.1) is 0 Å². The van der Waals surface area contributed by atoms with Crippen molar-refractivity contribution in [1.29, 1.82) is 0 Å². The monoisotopic (exact) mass is 381 g/mol. The van der Waals surface area contributed by atoms with Gasteiger partial charge in [0.25, 0.3) is 11.8 Å². The second-order valence-corrected chi connectivity index (χ2v) is 7.19. The first-order valence-corrected chi connectivity index (χ1v) is 9.43. The van der Waals surface area contributed by atoms with Crippen molar-refractivity contribution in [3.63, 3.8) is 0 Å². The minimum absolute atomic E-state index is 0.0125. The number of amides is 2. The lowest BCUT2D eigenvalue weighted by atomic mass is 9.86. The third-order valence-electron chi connectivity index (χ3n) is 5.53. The van der Waals surface area contributed by atoms with Gasteiger partial charge in [0.05, 0.1) is 17.9 Å². The zero-order chi connectivity index (χ0) is 19.7. The number of aromatic nitrogens is 3. The topological polar surface area (TPSA) is 88.5 Å². The number of hydrogen-bond donors (Lipinski definition) is 0. The van der Waals surface area contributed by atoms with Crippen molar-refractivity contribution in [3.8, 4) is 0 Å².